The van der Waals surface area contributed by atoms with Crippen molar-refractivity contribution in [2.24, 2.45) is 5.41 Å². The van der Waals surface area contributed by atoms with Crippen LogP contribution in [0, 0.1) is 41.9 Å². The molecule has 42 heavy (non-hydrogen) atoms. The number of aryl methyl sites for hydroxylation is 2. The Morgan fingerprint density at radius 3 is 2.19 bits per heavy atom. The third-order valence-corrected chi connectivity index (χ3v) is 8.18. The van der Waals surface area contributed by atoms with E-state index in [-0.39, 0.29) is 35.5 Å². The molecule has 3 rings (SSSR count). The Balaban J connectivity index is 1.83. The van der Waals surface area contributed by atoms with E-state index >= 15 is 0 Å². The molecule has 1 fully saturated rings. The molecule has 1 atom stereocenters. The molecule has 1 amide bonds. The zero-order chi connectivity index (χ0) is 31.2. The van der Waals surface area contributed by atoms with Crippen molar-refractivity contribution in [3.05, 3.63) is 76.1 Å². The van der Waals surface area contributed by atoms with E-state index in [0.717, 1.165) is 16.8 Å². The summed E-state index contributed by atoms with van der Waals surface area (Å²) in [5.41, 5.74) is 5.45. The first kappa shape index (κ1) is 32.9. The van der Waals surface area contributed by atoms with Crippen LogP contribution in [0.3, 0.4) is 0 Å². The SMILES string of the molecule is Cc1cc(C)cc(CN2CCN(CCC(=O)N(c3cccc(C(O[SiH](C)C)C(C)(C)C)c3)C(C)C)C2=C(C#N)C#N)c1. The van der Waals surface area contributed by atoms with Gasteiger partial charge in [-0.15, -0.1) is 0 Å². The summed E-state index contributed by atoms with van der Waals surface area (Å²) in [5.74, 6) is 0.629. The Bertz CT molecular complexity index is 1340. The maximum Gasteiger partial charge on any atom is 0.229 e. The minimum atomic E-state index is -1.30. The maximum atomic E-state index is 13.8. The van der Waals surface area contributed by atoms with E-state index in [1.165, 1.54) is 11.1 Å². The van der Waals surface area contributed by atoms with Gasteiger partial charge in [-0.05, 0) is 69.5 Å². The van der Waals surface area contributed by atoms with Crippen LogP contribution in [0.1, 0.15) is 69.4 Å². The number of amides is 1. The predicted octanol–water partition coefficient (Wildman–Crippen LogP) is 6.60. The van der Waals surface area contributed by atoms with Crippen LogP contribution in [-0.4, -0.2) is 50.4 Å². The highest BCUT2D eigenvalue weighted by atomic mass is 28.3. The smallest absolute Gasteiger partial charge is 0.229 e. The average molecular weight is 586 g/mol. The molecule has 0 aliphatic carbocycles. The molecule has 0 aromatic heterocycles. The van der Waals surface area contributed by atoms with Crippen LogP contribution in [0.15, 0.2) is 53.9 Å². The number of allylic oxidation sites excluding steroid dienone is 1. The summed E-state index contributed by atoms with van der Waals surface area (Å²) in [6, 6.07) is 18.8. The number of carbonyl (C=O) groups is 1. The summed E-state index contributed by atoms with van der Waals surface area (Å²) in [5, 5.41) is 19.6. The maximum absolute atomic E-state index is 13.8. The van der Waals surface area contributed by atoms with E-state index < -0.39 is 9.04 Å². The number of carbonyl (C=O) groups excluding carboxylic acids is 1. The second-order valence-corrected chi connectivity index (χ2v) is 15.3. The predicted molar refractivity (Wildman–Crippen MR) is 172 cm³/mol. The molecule has 1 aliphatic heterocycles. The second-order valence-electron chi connectivity index (χ2n) is 13.0. The highest BCUT2D eigenvalue weighted by molar-refractivity contribution is 6.48. The Morgan fingerprint density at radius 2 is 1.64 bits per heavy atom. The van der Waals surface area contributed by atoms with Crippen molar-refractivity contribution in [3.8, 4) is 12.1 Å². The molecule has 0 spiro atoms. The molecule has 1 saturated heterocycles. The van der Waals surface area contributed by atoms with Gasteiger partial charge in [0.25, 0.3) is 0 Å². The van der Waals surface area contributed by atoms with Gasteiger partial charge in [0.15, 0.2) is 14.6 Å². The number of nitriles is 2. The van der Waals surface area contributed by atoms with Gasteiger partial charge in [0, 0.05) is 44.3 Å². The Hall–Kier alpha value is -3.59. The molecule has 0 N–H and O–H groups in total. The molecule has 1 heterocycles. The summed E-state index contributed by atoms with van der Waals surface area (Å²) in [4.78, 5) is 19.7. The summed E-state index contributed by atoms with van der Waals surface area (Å²) in [7, 11) is -1.30. The van der Waals surface area contributed by atoms with Crippen molar-refractivity contribution in [2.75, 3.05) is 24.5 Å². The number of rotatable bonds is 10. The molecule has 0 saturated carbocycles. The van der Waals surface area contributed by atoms with Crippen LogP contribution in [0.25, 0.3) is 0 Å². The molecule has 8 heteroatoms. The lowest BCUT2D eigenvalue weighted by atomic mass is 9.84. The lowest BCUT2D eigenvalue weighted by Crippen LogP contribution is -2.39. The molecule has 1 aliphatic rings. The van der Waals surface area contributed by atoms with Crippen LogP contribution in [0.2, 0.25) is 13.1 Å². The summed E-state index contributed by atoms with van der Waals surface area (Å²) in [6.45, 7) is 21.5. The first-order valence-corrected chi connectivity index (χ1v) is 17.7. The van der Waals surface area contributed by atoms with E-state index in [0.29, 0.717) is 32.0 Å². The number of hydrogen-bond acceptors (Lipinski definition) is 6. The Morgan fingerprint density at radius 1 is 1.02 bits per heavy atom. The topological polar surface area (TPSA) is 83.6 Å². The number of nitrogens with zero attached hydrogens (tertiary/aromatic N) is 5. The van der Waals surface area contributed by atoms with E-state index in [1.807, 2.05) is 35.8 Å². The molecular formula is C34H47N5O2Si. The Labute approximate surface area is 254 Å². The first-order chi connectivity index (χ1) is 19.7. The number of anilines is 1. The summed E-state index contributed by atoms with van der Waals surface area (Å²) in [6.07, 6.45) is 0.218. The van der Waals surface area contributed by atoms with Gasteiger partial charge in [-0.1, -0.05) is 62.2 Å². The molecule has 2 aromatic rings. The number of benzene rings is 2. The lowest BCUT2D eigenvalue weighted by molar-refractivity contribution is -0.119. The van der Waals surface area contributed by atoms with Crippen LogP contribution in [-0.2, 0) is 15.8 Å². The van der Waals surface area contributed by atoms with Crippen LogP contribution >= 0.6 is 0 Å². The van der Waals surface area contributed by atoms with E-state index in [1.54, 1.807) is 0 Å². The van der Waals surface area contributed by atoms with Gasteiger partial charge < -0.3 is 19.1 Å². The fourth-order valence-corrected chi connectivity index (χ4v) is 6.93. The fourth-order valence-electron chi connectivity index (χ4n) is 5.82. The molecule has 2 aromatic carbocycles. The number of hydrogen-bond donors (Lipinski definition) is 0. The molecule has 0 radical (unpaired) electrons. The normalized spacial score (nSPS) is 14.3. The van der Waals surface area contributed by atoms with Crippen molar-refractivity contribution in [3.63, 3.8) is 0 Å². The van der Waals surface area contributed by atoms with E-state index in [9.17, 15) is 15.3 Å². The lowest BCUT2D eigenvalue weighted by Gasteiger charge is -2.34. The quantitative estimate of drug-likeness (QED) is 0.231. The van der Waals surface area contributed by atoms with Crippen LogP contribution < -0.4 is 4.90 Å². The van der Waals surface area contributed by atoms with Gasteiger partial charge in [-0.3, -0.25) is 4.79 Å². The molecule has 7 nitrogen and oxygen atoms in total. The van der Waals surface area contributed by atoms with Gasteiger partial charge in [-0.2, -0.15) is 10.5 Å². The van der Waals surface area contributed by atoms with Crippen molar-refractivity contribution in [1.29, 1.82) is 10.5 Å². The largest absolute Gasteiger partial charge is 0.413 e. The second kappa shape index (κ2) is 14.0. The highest BCUT2D eigenvalue weighted by Crippen LogP contribution is 2.38. The minimum Gasteiger partial charge on any atom is -0.413 e. The zero-order valence-corrected chi connectivity index (χ0v) is 28.0. The van der Waals surface area contributed by atoms with Crippen molar-refractivity contribution in [2.45, 2.75) is 86.7 Å². The monoisotopic (exact) mass is 585 g/mol. The molecule has 1 unspecified atom stereocenters. The van der Waals surface area contributed by atoms with Gasteiger partial charge >= 0.3 is 0 Å². The molecule has 224 valence electrons. The van der Waals surface area contributed by atoms with Crippen molar-refractivity contribution < 1.29 is 9.22 Å². The van der Waals surface area contributed by atoms with Crippen molar-refractivity contribution >= 4 is 20.6 Å². The zero-order valence-electron chi connectivity index (χ0n) is 26.9. The van der Waals surface area contributed by atoms with Gasteiger partial charge in [0.1, 0.15) is 18.0 Å². The third-order valence-electron chi connectivity index (χ3n) is 7.37. The van der Waals surface area contributed by atoms with Crippen LogP contribution in [0.5, 0.6) is 0 Å². The fraction of sp³-hybridized carbons (Fsp3) is 0.500. The Kier molecular flexibility index (Phi) is 11.0. The van der Waals surface area contributed by atoms with Gasteiger partial charge in [0.05, 0.1) is 6.10 Å². The molecular weight excluding hydrogens is 538 g/mol. The van der Waals surface area contributed by atoms with Crippen molar-refractivity contribution in [1.82, 2.24) is 9.80 Å². The average Bonchev–Trinajstić information content (AvgIpc) is 3.27. The highest BCUT2D eigenvalue weighted by Gasteiger charge is 2.31. The van der Waals surface area contributed by atoms with E-state index in [4.69, 9.17) is 4.43 Å². The molecule has 0 bridgehead atoms. The third kappa shape index (κ3) is 8.24. The summed E-state index contributed by atoms with van der Waals surface area (Å²) < 4.78 is 6.46. The van der Waals surface area contributed by atoms with E-state index in [2.05, 4.69) is 95.1 Å². The first-order valence-electron chi connectivity index (χ1n) is 14.9. The van der Waals surface area contributed by atoms with Gasteiger partial charge in [-0.25, -0.2) is 0 Å². The summed E-state index contributed by atoms with van der Waals surface area (Å²) >= 11 is 0. The van der Waals surface area contributed by atoms with Gasteiger partial charge in [0.2, 0.25) is 5.91 Å². The standard InChI is InChI=1S/C34H47N5O2Si/c1-24(2)39(30-12-10-11-28(20-30)32(34(5,6)7)41-42(8)9)31(40)13-14-37-15-16-38(33(37)29(21-35)22-36)23-27-18-25(3)17-26(4)19-27/h10-12,17-20,24,32,42H,13-16,23H2,1-9H3. The van der Waals surface area contributed by atoms with Crippen LogP contribution in [0.4, 0.5) is 5.69 Å². The minimum absolute atomic E-state index is 0.0104.